The first-order valence-corrected chi connectivity index (χ1v) is 9.28. The van der Waals surface area contributed by atoms with Crippen molar-refractivity contribution < 1.29 is 0 Å². The molecular weight excluding hydrogens is 324 g/mol. The summed E-state index contributed by atoms with van der Waals surface area (Å²) in [6.45, 7) is 3.22. The molecule has 4 aromatic heterocycles. The predicted octanol–water partition coefficient (Wildman–Crippen LogP) is 3.53. The van der Waals surface area contributed by atoms with Gasteiger partial charge >= 0.3 is 0 Å². The van der Waals surface area contributed by atoms with Crippen molar-refractivity contribution in [2.45, 2.75) is 31.8 Å². The van der Waals surface area contributed by atoms with Gasteiger partial charge in [-0.1, -0.05) is 6.07 Å². The summed E-state index contributed by atoms with van der Waals surface area (Å²) in [5.74, 6) is 0. The van der Waals surface area contributed by atoms with Crippen LogP contribution in [0, 0.1) is 0 Å². The van der Waals surface area contributed by atoms with Crippen molar-refractivity contribution in [3.05, 3.63) is 54.9 Å². The van der Waals surface area contributed by atoms with Crippen LogP contribution in [-0.2, 0) is 6.54 Å². The number of nitrogens with zero attached hydrogens (tertiary/aromatic N) is 5. The van der Waals surface area contributed by atoms with E-state index in [1.165, 1.54) is 23.9 Å². The molecule has 1 N–H and O–H groups in total. The first-order chi connectivity index (χ1) is 12.9. The molecule has 1 fully saturated rings. The second-order valence-corrected chi connectivity index (χ2v) is 7.11. The van der Waals surface area contributed by atoms with Crippen molar-refractivity contribution in [2.75, 3.05) is 13.1 Å². The topological polar surface area (TPSA) is 62.6 Å². The Balaban J connectivity index is 1.40. The molecule has 5 rings (SSSR count). The van der Waals surface area contributed by atoms with Crippen LogP contribution in [0.4, 0.5) is 0 Å². The normalized spacial score (nSPS) is 19.2. The number of aromatic nitrogens is 5. The van der Waals surface area contributed by atoms with Gasteiger partial charge in [0.25, 0.3) is 0 Å². The molecule has 0 aliphatic carbocycles. The molecule has 6 nitrogen and oxygen atoms in total. The Hall–Kier alpha value is -2.73. The molecule has 4 aromatic rings. The Morgan fingerprint density at radius 2 is 2.12 bits per heavy atom. The molecule has 5 heterocycles. The number of H-pyrrole nitrogens is 1. The lowest BCUT2D eigenvalue weighted by Crippen LogP contribution is -2.24. The van der Waals surface area contributed by atoms with Gasteiger partial charge in [-0.05, 0) is 43.5 Å². The molecule has 6 heteroatoms. The summed E-state index contributed by atoms with van der Waals surface area (Å²) in [5.41, 5.74) is 4.42. The quantitative estimate of drug-likeness (QED) is 0.616. The average molecular weight is 346 g/mol. The molecular formula is C20H22N6. The summed E-state index contributed by atoms with van der Waals surface area (Å²) in [4.78, 5) is 19.1. The molecule has 0 aromatic carbocycles. The molecule has 26 heavy (non-hydrogen) atoms. The van der Waals surface area contributed by atoms with Crippen LogP contribution >= 0.6 is 0 Å². The van der Waals surface area contributed by atoms with Gasteiger partial charge in [0.1, 0.15) is 11.2 Å². The third-order valence-electron chi connectivity index (χ3n) is 5.43. The summed E-state index contributed by atoms with van der Waals surface area (Å²) >= 11 is 0. The third-order valence-corrected chi connectivity index (χ3v) is 5.43. The van der Waals surface area contributed by atoms with Crippen LogP contribution in [0.25, 0.3) is 22.1 Å². The fourth-order valence-electron chi connectivity index (χ4n) is 4.13. The van der Waals surface area contributed by atoms with E-state index in [1.807, 2.05) is 37.2 Å². The van der Waals surface area contributed by atoms with Crippen molar-refractivity contribution in [3.8, 4) is 0 Å². The van der Waals surface area contributed by atoms with Crippen molar-refractivity contribution in [1.82, 2.24) is 29.4 Å². The lowest BCUT2D eigenvalue weighted by Gasteiger charge is -2.20. The number of imidazole rings is 1. The van der Waals surface area contributed by atoms with Gasteiger partial charge in [-0.25, -0.2) is 9.97 Å². The summed E-state index contributed by atoms with van der Waals surface area (Å²) in [6.07, 6.45) is 13.2. The van der Waals surface area contributed by atoms with Crippen LogP contribution in [0.2, 0.25) is 0 Å². The standard InChI is InChI=1S/C20H22N6/c1-3-15(11-21-7-1)13-25-9-2-4-16(6-10-25)26-14-24-18-12-23-20-17(19(18)26)5-8-22-20/h1,3,5,7-8,11-12,14,16H,2,4,6,9-10,13H2,(H,22,23). The molecule has 0 radical (unpaired) electrons. The van der Waals surface area contributed by atoms with Gasteiger partial charge in [0, 0.05) is 43.1 Å². The average Bonchev–Trinajstić information content (AvgIpc) is 3.25. The van der Waals surface area contributed by atoms with Crippen LogP contribution in [0.1, 0.15) is 30.9 Å². The van der Waals surface area contributed by atoms with Crippen molar-refractivity contribution in [3.63, 3.8) is 0 Å². The molecule has 1 unspecified atom stereocenters. The highest BCUT2D eigenvalue weighted by molar-refractivity contribution is 6.00. The summed E-state index contributed by atoms with van der Waals surface area (Å²) in [7, 11) is 0. The highest BCUT2D eigenvalue weighted by atomic mass is 15.1. The van der Waals surface area contributed by atoms with E-state index >= 15 is 0 Å². The Bertz CT molecular complexity index is 1020. The summed E-state index contributed by atoms with van der Waals surface area (Å²) in [5, 5.41) is 1.16. The van der Waals surface area contributed by atoms with Crippen LogP contribution in [-0.4, -0.2) is 42.5 Å². The fourth-order valence-corrected chi connectivity index (χ4v) is 4.13. The fraction of sp³-hybridized carbons (Fsp3) is 0.350. The lowest BCUT2D eigenvalue weighted by atomic mass is 10.1. The van der Waals surface area contributed by atoms with E-state index in [0.717, 1.165) is 42.6 Å². The molecule has 132 valence electrons. The minimum absolute atomic E-state index is 0.486. The van der Waals surface area contributed by atoms with Gasteiger partial charge < -0.3 is 9.55 Å². The van der Waals surface area contributed by atoms with Gasteiger partial charge in [0.2, 0.25) is 0 Å². The second kappa shape index (κ2) is 6.53. The van der Waals surface area contributed by atoms with Gasteiger partial charge in [0.15, 0.2) is 0 Å². The number of nitrogens with one attached hydrogen (secondary N) is 1. The SMILES string of the molecule is c1cncc(CN2CCCC(n3cnc4cnc5[nH]ccc5c43)CC2)c1. The maximum Gasteiger partial charge on any atom is 0.139 e. The molecule has 1 aliphatic rings. The lowest BCUT2D eigenvalue weighted by molar-refractivity contribution is 0.272. The zero-order valence-corrected chi connectivity index (χ0v) is 14.7. The van der Waals surface area contributed by atoms with Gasteiger partial charge in [-0.2, -0.15) is 0 Å². The van der Waals surface area contributed by atoms with Crippen molar-refractivity contribution >= 4 is 22.1 Å². The van der Waals surface area contributed by atoms with Crippen molar-refractivity contribution in [1.29, 1.82) is 0 Å². The Labute approximate surface area is 151 Å². The summed E-state index contributed by atoms with van der Waals surface area (Å²) in [6, 6.07) is 6.77. The van der Waals surface area contributed by atoms with E-state index < -0.39 is 0 Å². The number of hydrogen-bond acceptors (Lipinski definition) is 4. The van der Waals surface area contributed by atoms with Crippen molar-refractivity contribution in [2.24, 2.45) is 0 Å². The minimum Gasteiger partial charge on any atom is -0.346 e. The van der Waals surface area contributed by atoms with E-state index in [4.69, 9.17) is 0 Å². The highest BCUT2D eigenvalue weighted by Crippen LogP contribution is 2.30. The van der Waals surface area contributed by atoms with E-state index in [0.29, 0.717) is 6.04 Å². The molecule has 0 amide bonds. The van der Waals surface area contributed by atoms with E-state index in [-0.39, 0.29) is 0 Å². The zero-order valence-electron chi connectivity index (χ0n) is 14.7. The van der Waals surface area contributed by atoms with Crippen LogP contribution in [0.3, 0.4) is 0 Å². The monoisotopic (exact) mass is 346 g/mol. The van der Waals surface area contributed by atoms with E-state index in [1.54, 1.807) is 0 Å². The minimum atomic E-state index is 0.486. The Kier molecular flexibility index (Phi) is 3.90. The largest absolute Gasteiger partial charge is 0.346 e. The number of aromatic amines is 1. The zero-order chi connectivity index (χ0) is 17.3. The molecule has 1 atom stereocenters. The molecule has 1 aliphatic heterocycles. The molecule has 0 spiro atoms. The molecule has 1 saturated heterocycles. The number of fused-ring (bicyclic) bond motifs is 3. The molecule has 0 bridgehead atoms. The highest BCUT2D eigenvalue weighted by Gasteiger charge is 2.21. The Morgan fingerprint density at radius 3 is 3.04 bits per heavy atom. The number of rotatable bonds is 3. The maximum absolute atomic E-state index is 4.61. The van der Waals surface area contributed by atoms with E-state index in [9.17, 15) is 0 Å². The van der Waals surface area contributed by atoms with Crippen LogP contribution < -0.4 is 0 Å². The second-order valence-electron chi connectivity index (χ2n) is 7.11. The number of pyridine rings is 2. The van der Waals surface area contributed by atoms with E-state index in [2.05, 4.69) is 41.5 Å². The number of likely N-dealkylation sites (tertiary alicyclic amines) is 1. The molecule has 0 saturated carbocycles. The first-order valence-electron chi connectivity index (χ1n) is 9.28. The third kappa shape index (κ3) is 2.76. The summed E-state index contributed by atoms with van der Waals surface area (Å²) < 4.78 is 2.38. The van der Waals surface area contributed by atoms with Crippen LogP contribution in [0.5, 0.6) is 0 Å². The maximum atomic E-state index is 4.61. The van der Waals surface area contributed by atoms with Gasteiger partial charge in [-0.3, -0.25) is 9.88 Å². The van der Waals surface area contributed by atoms with Crippen LogP contribution in [0.15, 0.2) is 49.3 Å². The van der Waals surface area contributed by atoms with Gasteiger partial charge in [0.05, 0.1) is 18.0 Å². The Morgan fingerprint density at radius 1 is 1.12 bits per heavy atom. The number of hydrogen-bond donors (Lipinski definition) is 1. The predicted molar refractivity (Wildman–Crippen MR) is 102 cm³/mol. The smallest absolute Gasteiger partial charge is 0.139 e. The first kappa shape index (κ1) is 15.5. The van der Waals surface area contributed by atoms with Gasteiger partial charge in [-0.15, -0.1) is 0 Å².